The van der Waals surface area contributed by atoms with Crippen LogP contribution in [0.4, 0.5) is 0 Å². The van der Waals surface area contributed by atoms with Crippen LogP contribution in [0.5, 0.6) is 11.5 Å². The Bertz CT molecular complexity index is 622. The van der Waals surface area contributed by atoms with E-state index in [9.17, 15) is 18.6 Å². The molecule has 1 unspecified atom stereocenters. The lowest BCUT2D eigenvalue weighted by atomic mass is 10.1. The number of ether oxygens (including phenoxy) is 1. The molecule has 0 amide bonds. The lowest BCUT2D eigenvalue weighted by Crippen LogP contribution is -2.42. The second-order valence-corrected chi connectivity index (χ2v) is 8.98. The van der Waals surface area contributed by atoms with Crippen LogP contribution in [-0.4, -0.2) is 49.2 Å². The van der Waals surface area contributed by atoms with Gasteiger partial charge in [0.05, 0.1) is 5.75 Å². The molecule has 6 nitrogen and oxygen atoms in total. The van der Waals surface area contributed by atoms with E-state index in [0.717, 1.165) is 6.42 Å². The maximum Gasteiger partial charge on any atom is 0.182 e. The quantitative estimate of drug-likeness (QED) is 0.625. The van der Waals surface area contributed by atoms with Gasteiger partial charge in [-0.05, 0) is 39.3 Å². The molecule has 0 fully saturated rings. The molecule has 0 aliphatic carbocycles. The topological polar surface area (TPSA) is 95.9 Å². The Kier molecular flexibility index (Phi) is 7.51. The van der Waals surface area contributed by atoms with Crippen LogP contribution in [0, 0.1) is 0 Å². The molecule has 1 aromatic rings. The fourth-order valence-corrected chi connectivity index (χ4v) is 3.52. The van der Waals surface area contributed by atoms with Crippen LogP contribution in [-0.2, 0) is 9.84 Å². The van der Waals surface area contributed by atoms with Crippen LogP contribution in [0.25, 0.3) is 0 Å². The third-order valence-electron chi connectivity index (χ3n) is 3.34. The molecule has 1 aromatic carbocycles. The van der Waals surface area contributed by atoms with E-state index in [-0.39, 0.29) is 28.5 Å². The third-order valence-corrected chi connectivity index (χ3v) is 5.17. The fraction of sp³-hybridized carbons (Fsp3) is 0.647. The van der Waals surface area contributed by atoms with Gasteiger partial charge < -0.3 is 20.3 Å². The first-order valence-corrected chi connectivity index (χ1v) is 9.82. The minimum absolute atomic E-state index is 0.0152. The van der Waals surface area contributed by atoms with Gasteiger partial charge in [0.25, 0.3) is 0 Å². The van der Waals surface area contributed by atoms with Crippen LogP contribution in [0.3, 0.4) is 0 Å². The van der Waals surface area contributed by atoms with Crippen molar-refractivity contribution in [1.82, 2.24) is 5.32 Å². The maximum absolute atomic E-state index is 12.2. The van der Waals surface area contributed by atoms with Gasteiger partial charge in [-0.15, -0.1) is 0 Å². The SMILES string of the molecule is CCCCS(=O)(=O)c1cc(OCC(O)CNC(C)(C)C)ccc1O. The first-order valence-electron chi connectivity index (χ1n) is 8.17. The number of rotatable bonds is 9. The molecule has 7 heteroatoms. The molecular formula is C17H29NO5S. The number of aliphatic hydroxyl groups is 1. The minimum atomic E-state index is -3.55. The lowest BCUT2D eigenvalue weighted by Gasteiger charge is -2.23. The van der Waals surface area contributed by atoms with E-state index in [4.69, 9.17) is 4.74 Å². The standard InChI is InChI=1S/C17H29NO5S/c1-5-6-9-24(21,22)16-10-14(7-8-15(16)20)23-12-13(19)11-18-17(2,3)4/h7-8,10,13,18-20H,5-6,9,11-12H2,1-4H3. The van der Waals surface area contributed by atoms with E-state index >= 15 is 0 Å². The first kappa shape index (κ1) is 20.7. The number of phenolic OH excluding ortho intramolecular Hbond substituents is 1. The van der Waals surface area contributed by atoms with E-state index in [2.05, 4.69) is 5.32 Å². The number of unbranched alkanes of at least 4 members (excludes halogenated alkanes) is 1. The molecule has 0 aliphatic heterocycles. The van der Waals surface area contributed by atoms with Crippen LogP contribution < -0.4 is 10.1 Å². The highest BCUT2D eigenvalue weighted by atomic mass is 32.2. The van der Waals surface area contributed by atoms with Gasteiger partial charge in [-0.1, -0.05) is 13.3 Å². The molecule has 0 radical (unpaired) electrons. The van der Waals surface area contributed by atoms with Crippen molar-refractivity contribution < 1.29 is 23.4 Å². The van der Waals surface area contributed by atoms with E-state index in [1.54, 1.807) is 0 Å². The zero-order chi connectivity index (χ0) is 18.4. The second kappa shape index (κ2) is 8.69. The van der Waals surface area contributed by atoms with Crippen molar-refractivity contribution in [2.75, 3.05) is 18.9 Å². The molecule has 138 valence electrons. The lowest BCUT2D eigenvalue weighted by molar-refractivity contribution is 0.0999. The van der Waals surface area contributed by atoms with Crippen molar-refractivity contribution in [1.29, 1.82) is 0 Å². The summed E-state index contributed by atoms with van der Waals surface area (Å²) in [4.78, 5) is -0.129. The van der Waals surface area contributed by atoms with Gasteiger partial charge in [0.1, 0.15) is 29.1 Å². The number of aromatic hydroxyl groups is 1. The highest BCUT2D eigenvalue weighted by molar-refractivity contribution is 7.91. The highest BCUT2D eigenvalue weighted by Crippen LogP contribution is 2.28. The van der Waals surface area contributed by atoms with Gasteiger partial charge >= 0.3 is 0 Å². The molecule has 0 spiro atoms. The summed E-state index contributed by atoms with van der Waals surface area (Å²) in [7, 11) is -3.55. The first-order chi connectivity index (χ1) is 11.0. The summed E-state index contributed by atoms with van der Waals surface area (Å²) < 4.78 is 29.9. The molecule has 0 bridgehead atoms. The molecule has 0 saturated carbocycles. The average Bonchev–Trinajstić information content (AvgIpc) is 2.49. The number of hydrogen-bond donors (Lipinski definition) is 3. The minimum Gasteiger partial charge on any atom is -0.507 e. The largest absolute Gasteiger partial charge is 0.507 e. The number of nitrogens with one attached hydrogen (secondary N) is 1. The molecular weight excluding hydrogens is 330 g/mol. The van der Waals surface area contributed by atoms with Crippen molar-refractivity contribution in [2.24, 2.45) is 0 Å². The third kappa shape index (κ3) is 7.07. The van der Waals surface area contributed by atoms with E-state index < -0.39 is 15.9 Å². The molecule has 1 rings (SSSR count). The Hall–Kier alpha value is -1.31. The van der Waals surface area contributed by atoms with Crippen molar-refractivity contribution in [3.63, 3.8) is 0 Å². The van der Waals surface area contributed by atoms with Crippen LogP contribution >= 0.6 is 0 Å². The van der Waals surface area contributed by atoms with Crippen LogP contribution in [0.1, 0.15) is 40.5 Å². The molecule has 3 N–H and O–H groups in total. The fourth-order valence-electron chi connectivity index (χ4n) is 1.95. The maximum atomic E-state index is 12.2. The predicted octanol–water partition coefficient (Wildman–Crippen LogP) is 2.09. The predicted molar refractivity (Wildman–Crippen MR) is 94.3 cm³/mol. The molecule has 24 heavy (non-hydrogen) atoms. The number of benzene rings is 1. The average molecular weight is 359 g/mol. The van der Waals surface area contributed by atoms with Crippen molar-refractivity contribution in [2.45, 2.75) is 57.1 Å². The summed E-state index contributed by atoms with van der Waals surface area (Å²) in [5.41, 5.74) is -0.111. The number of phenols is 1. The van der Waals surface area contributed by atoms with Gasteiger partial charge in [-0.3, -0.25) is 0 Å². The summed E-state index contributed by atoms with van der Waals surface area (Å²) in [6.07, 6.45) is 0.561. The summed E-state index contributed by atoms with van der Waals surface area (Å²) in [5, 5.41) is 22.9. The molecule has 0 saturated heterocycles. The van der Waals surface area contributed by atoms with Gasteiger partial charge in [-0.25, -0.2) is 8.42 Å². The Morgan fingerprint density at radius 2 is 1.96 bits per heavy atom. The molecule has 0 aromatic heterocycles. The highest BCUT2D eigenvalue weighted by Gasteiger charge is 2.20. The van der Waals surface area contributed by atoms with Crippen LogP contribution in [0.15, 0.2) is 23.1 Å². The summed E-state index contributed by atoms with van der Waals surface area (Å²) in [5.74, 6) is 0.00428. The monoisotopic (exact) mass is 359 g/mol. The van der Waals surface area contributed by atoms with Crippen molar-refractivity contribution in [3.05, 3.63) is 18.2 Å². The van der Waals surface area contributed by atoms with Crippen molar-refractivity contribution in [3.8, 4) is 11.5 Å². The Labute approximate surface area is 144 Å². The Morgan fingerprint density at radius 1 is 1.29 bits per heavy atom. The van der Waals surface area contributed by atoms with Gasteiger partial charge in [0, 0.05) is 18.2 Å². The Morgan fingerprint density at radius 3 is 2.54 bits per heavy atom. The number of hydrogen-bond acceptors (Lipinski definition) is 6. The zero-order valence-electron chi connectivity index (χ0n) is 14.9. The normalized spacial score (nSPS) is 13.7. The number of aliphatic hydroxyl groups excluding tert-OH is 1. The summed E-state index contributed by atoms with van der Waals surface area (Å²) >= 11 is 0. The van der Waals surface area contributed by atoms with Crippen LogP contribution in [0.2, 0.25) is 0 Å². The Balaban J connectivity index is 2.72. The summed E-state index contributed by atoms with van der Waals surface area (Å²) in [6.45, 7) is 8.28. The zero-order valence-corrected chi connectivity index (χ0v) is 15.7. The van der Waals surface area contributed by atoms with Gasteiger partial charge in [-0.2, -0.15) is 0 Å². The molecule has 1 atom stereocenters. The van der Waals surface area contributed by atoms with Gasteiger partial charge in [0.2, 0.25) is 0 Å². The van der Waals surface area contributed by atoms with E-state index in [1.807, 2.05) is 27.7 Å². The number of sulfone groups is 1. The van der Waals surface area contributed by atoms with E-state index in [0.29, 0.717) is 18.7 Å². The smallest absolute Gasteiger partial charge is 0.182 e. The van der Waals surface area contributed by atoms with E-state index in [1.165, 1.54) is 18.2 Å². The number of β-amino-alcohol motifs (C(OH)–C–C–N with tert-alkyl or cyclic N) is 1. The second-order valence-electron chi connectivity index (χ2n) is 6.90. The summed E-state index contributed by atoms with van der Waals surface area (Å²) in [6, 6.07) is 4.09. The molecule has 0 aliphatic rings. The van der Waals surface area contributed by atoms with Crippen molar-refractivity contribution >= 4 is 9.84 Å². The van der Waals surface area contributed by atoms with Gasteiger partial charge in [0.15, 0.2) is 9.84 Å². The molecule has 0 heterocycles.